The summed E-state index contributed by atoms with van der Waals surface area (Å²) in [6.07, 6.45) is 7.66. The van der Waals surface area contributed by atoms with E-state index in [-0.39, 0.29) is 28.6 Å². The van der Waals surface area contributed by atoms with Crippen LogP contribution in [0, 0.1) is 10.8 Å². The van der Waals surface area contributed by atoms with Crippen LogP contribution in [0.15, 0.2) is 4.99 Å². The summed E-state index contributed by atoms with van der Waals surface area (Å²) in [5.74, 6) is 6.16. The molecule has 25 heavy (non-hydrogen) atoms. The van der Waals surface area contributed by atoms with Crippen LogP contribution in [0.3, 0.4) is 0 Å². The number of hydrogen-bond acceptors (Lipinski definition) is 4. The van der Waals surface area contributed by atoms with Crippen molar-refractivity contribution in [1.82, 2.24) is 5.01 Å². The highest BCUT2D eigenvalue weighted by Gasteiger charge is 2.47. The fourth-order valence-electron chi connectivity index (χ4n) is 4.34. The van der Waals surface area contributed by atoms with Gasteiger partial charge in [-0.05, 0) is 30.1 Å². The molecule has 2 unspecified atom stereocenters. The molecule has 0 heterocycles. The van der Waals surface area contributed by atoms with Gasteiger partial charge in [0.1, 0.15) is 11.9 Å². The average molecular weight is 354 g/mol. The Morgan fingerprint density at radius 1 is 1.24 bits per heavy atom. The summed E-state index contributed by atoms with van der Waals surface area (Å²) in [5.41, 5.74) is 11.9. The molecule has 0 bridgehead atoms. The largest absolute Gasteiger partial charge is 0.386 e. The van der Waals surface area contributed by atoms with Crippen LogP contribution in [0.5, 0.6) is 0 Å². The van der Waals surface area contributed by atoms with Crippen molar-refractivity contribution in [3.05, 3.63) is 0 Å². The predicted molar refractivity (Wildman–Crippen MR) is 105 cm³/mol. The van der Waals surface area contributed by atoms with Crippen molar-refractivity contribution < 1.29 is 4.79 Å². The van der Waals surface area contributed by atoms with E-state index in [9.17, 15) is 4.79 Å². The molecule has 0 aromatic rings. The molecule has 2 atom stereocenters. The summed E-state index contributed by atoms with van der Waals surface area (Å²) >= 11 is 0. The maximum absolute atomic E-state index is 12.9. The minimum Gasteiger partial charge on any atom is -0.386 e. The third kappa shape index (κ3) is 5.68. The first-order valence-electron chi connectivity index (χ1n) is 9.67. The van der Waals surface area contributed by atoms with Gasteiger partial charge in [0.2, 0.25) is 0 Å². The number of carbonyl (C=O) groups is 1. The zero-order valence-corrected chi connectivity index (χ0v) is 16.8. The predicted octanol–water partition coefficient (Wildman–Crippen LogP) is 2.56. The summed E-state index contributed by atoms with van der Waals surface area (Å²) < 4.78 is 0. The SMILES string of the molecule is CCCCCN=C(N)C(N)C(=O)N(N)C(C(C)(C)C)C1(C)CCCC1. The highest BCUT2D eigenvalue weighted by Crippen LogP contribution is 2.47. The summed E-state index contributed by atoms with van der Waals surface area (Å²) in [4.78, 5) is 17.1. The van der Waals surface area contributed by atoms with Crippen LogP contribution in [0.2, 0.25) is 0 Å². The van der Waals surface area contributed by atoms with Crippen molar-refractivity contribution in [2.75, 3.05) is 6.54 Å². The summed E-state index contributed by atoms with van der Waals surface area (Å²) in [6.45, 7) is 11.3. The number of rotatable bonds is 8. The van der Waals surface area contributed by atoms with Gasteiger partial charge in [-0.3, -0.25) is 14.8 Å². The number of amidine groups is 1. The van der Waals surface area contributed by atoms with Crippen LogP contribution in [-0.2, 0) is 4.79 Å². The Morgan fingerprint density at radius 2 is 1.80 bits per heavy atom. The fraction of sp³-hybridized carbons (Fsp3) is 0.895. The fourth-order valence-corrected chi connectivity index (χ4v) is 4.34. The Bertz CT molecular complexity index is 463. The third-order valence-corrected chi connectivity index (χ3v) is 5.40. The molecule has 1 aliphatic rings. The molecule has 0 radical (unpaired) electrons. The number of unbranched alkanes of at least 4 members (excludes halogenated alkanes) is 2. The molecule has 0 spiro atoms. The van der Waals surface area contributed by atoms with Gasteiger partial charge in [0.25, 0.3) is 5.91 Å². The zero-order chi connectivity index (χ0) is 19.3. The molecule has 0 aliphatic heterocycles. The van der Waals surface area contributed by atoms with Crippen molar-refractivity contribution in [2.45, 2.75) is 91.6 Å². The maximum atomic E-state index is 12.9. The summed E-state index contributed by atoms with van der Waals surface area (Å²) in [5, 5.41) is 1.35. The molecule has 1 saturated carbocycles. The van der Waals surface area contributed by atoms with Gasteiger partial charge < -0.3 is 11.5 Å². The number of carbonyl (C=O) groups excluding carboxylic acids is 1. The Hall–Kier alpha value is -1.14. The maximum Gasteiger partial charge on any atom is 0.261 e. The van der Waals surface area contributed by atoms with Crippen molar-refractivity contribution in [3.63, 3.8) is 0 Å². The molecular formula is C19H39N5O. The monoisotopic (exact) mass is 353 g/mol. The van der Waals surface area contributed by atoms with Crippen LogP contribution in [0.4, 0.5) is 0 Å². The zero-order valence-electron chi connectivity index (χ0n) is 16.8. The van der Waals surface area contributed by atoms with E-state index in [1.165, 1.54) is 17.9 Å². The van der Waals surface area contributed by atoms with Gasteiger partial charge >= 0.3 is 0 Å². The van der Waals surface area contributed by atoms with E-state index in [0.29, 0.717) is 6.54 Å². The van der Waals surface area contributed by atoms with E-state index in [2.05, 4.69) is 39.6 Å². The number of aliphatic imine (C=N–C) groups is 1. The van der Waals surface area contributed by atoms with Gasteiger partial charge in [0, 0.05) is 6.54 Å². The number of nitrogens with two attached hydrogens (primary N) is 3. The first-order valence-corrected chi connectivity index (χ1v) is 9.67. The molecule has 1 amide bonds. The Morgan fingerprint density at radius 3 is 2.28 bits per heavy atom. The van der Waals surface area contributed by atoms with Crippen LogP contribution >= 0.6 is 0 Å². The number of hydrazine groups is 1. The van der Waals surface area contributed by atoms with Gasteiger partial charge in [-0.2, -0.15) is 0 Å². The van der Waals surface area contributed by atoms with Gasteiger partial charge in [0.15, 0.2) is 0 Å². The summed E-state index contributed by atoms with van der Waals surface area (Å²) in [6, 6.07) is -1.06. The van der Waals surface area contributed by atoms with E-state index in [4.69, 9.17) is 17.3 Å². The van der Waals surface area contributed by atoms with Crippen LogP contribution in [-0.4, -0.2) is 35.4 Å². The number of nitrogens with zero attached hydrogens (tertiary/aromatic N) is 2. The minimum absolute atomic E-state index is 0.00934. The van der Waals surface area contributed by atoms with Gasteiger partial charge in [-0.1, -0.05) is 60.3 Å². The normalized spacial score (nSPS) is 20.4. The van der Waals surface area contributed by atoms with Crippen LogP contribution < -0.4 is 17.3 Å². The molecule has 6 heteroatoms. The first-order chi connectivity index (χ1) is 11.5. The van der Waals surface area contributed by atoms with Crippen molar-refractivity contribution in [2.24, 2.45) is 33.1 Å². The Balaban J connectivity index is 2.89. The topological polar surface area (TPSA) is 111 Å². The van der Waals surface area contributed by atoms with Crippen LogP contribution in [0.25, 0.3) is 0 Å². The first kappa shape index (κ1) is 21.9. The van der Waals surface area contributed by atoms with Crippen molar-refractivity contribution in [1.29, 1.82) is 0 Å². The second-order valence-corrected chi connectivity index (χ2v) is 8.87. The molecule has 0 aromatic carbocycles. The molecule has 6 N–H and O–H groups in total. The smallest absolute Gasteiger partial charge is 0.261 e. The molecule has 1 rings (SSSR count). The van der Waals surface area contributed by atoms with E-state index >= 15 is 0 Å². The highest BCUT2D eigenvalue weighted by atomic mass is 16.2. The lowest BCUT2D eigenvalue weighted by Gasteiger charge is -2.47. The molecule has 1 fully saturated rings. The van der Waals surface area contributed by atoms with Gasteiger partial charge in [-0.15, -0.1) is 0 Å². The van der Waals surface area contributed by atoms with Gasteiger partial charge in [-0.25, -0.2) is 5.84 Å². The molecule has 0 aromatic heterocycles. The van der Waals surface area contributed by atoms with Crippen molar-refractivity contribution in [3.8, 4) is 0 Å². The van der Waals surface area contributed by atoms with Gasteiger partial charge in [0.05, 0.1) is 6.04 Å². The molecular weight excluding hydrogens is 314 g/mol. The Kier molecular flexibility index (Phi) is 7.88. The third-order valence-electron chi connectivity index (χ3n) is 5.40. The average Bonchev–Trinajstić information content (AvgIpc) is 2.95. The molecule has 0 saturated heterocycles. The minimum atomic E-state index is -0.971. The second kappa shape index (κ2) is 8.99. The van der Waals surface area contributed by atoms with E-state index in [1.807, 2.05) is 0 Å². The lowest BCUT2D eigenvalue weighted by atomic mass is 9.68. The van der Waals surface area contributed by atoms with Crippen LogP contribution in [0.1, 0.15) is 79.6 Å². The molecule has 1 aliphatic carbocycles. The molecule has 6 nitrogen and oxygen atoms in total. The summed E-state index contributed by atoms with van der Waals surface area (Å²) in [7, 11) is 0. The second-order valence-electron chi connectivity index (χ2n) is 8.87. The highest BCUT2D eigenvalue weighted by molar-refractivity contribution is 6.06. The van der Waals surface area contributed by atoms with E-state index in [0.717, 1.165) is 32.1 Å². The molecule has 146 valence electrons. The number of hydrogen-bond donors (Lipinski definition) is 3. The standard InChI is InChI=1S/C19H39N5O/c1-6-7-10-13-23-15(21)14(20)16(25)24(22)17(18(2,3)4)19(5)11-8-9-12-19/h14,17H,6-13,20,22H2,1-5H3,(H2,21,23). The lowest BCUT2D eigenvalue weighted by molar-refractivity contribution is -0.141. The number of amides is 1. The lowest BCUT2D eigenvalue weighted by Crippen LogP contribution is -2.63. The van der Waals surface area contributed by atoms with E-state index in [1.54, 1.807) is 0 Å². The quantitative estimate of drug-likeness (QED) is 0.155. The van der Waals surface area contributed by atoms with Crippen molar-refractivity contribution >= 4 is 11.7 Å². The Labute approximate surface area is 153 Å². The van der Waals surface area contributed by atoms with E-state index < -0.39 is 6.04 Å².